The van der Waals surface area contributed by atoms with Crippen molar-refractivity contribution in [3.05, 3.63) is 63.7 Å². The molecule has 92 valence electrons. The fraction of sp³-hybridized carbons (Fsp3) is 0.0714. The van der Waals surface area contributed by atoms with Crippen molar-refractivity contribution in [2.45, 2.75) is 6.04 Å². The maximum Gasteiger partial charge on any atom is 0.245 e. The highest BCUT2D eigenvalue weighted by Crippen LogP contribution is 2.15. The monoisotopic (exact) mass is 352 g/mol. The summed E-state index contributed by atoms with van der Waals surface area (Å²) in [6.45, 7) is 0. The van der Waals surface area contributed by atoms with Gasteiger partial charge >= 0.3 is 0 Å². The lowest BCUT2D eigenvalue weighted by atomic mass is 10.1. The van der Waals surface area contributed by atoms with Gasteiger partial charge in [0, 0.05) is 9.26 Å². The van der Waals surface area contributed by atoms with Crippen molar-refractivity contribution in [3.8, 4) is 0 Å². The Morgan fingerprint density at radius 2 is 1.67 bits per heavy atom. The highest BCUT2D eigenvalue weighted by Gasteiger charge is 2.15. The first-order chi connectivity index (χ1) is 8.66. The Morgan fingerprint density at radius 1 is 1.06 bits per heavy atom. The minimum Gasteiger partial charge on any atom is -0.324 e. The number of amides is 1. The molecular weight excluding hydrogens is 339 g/mol. The van der Waals surface area contributed by atoms with Crippen molar-refractivity contribution in [3.63, 3.8) is 0 Å². The van der Waals surface area contributed by atoms with Crippen LogP contribution < -0.4 is 11.1 Å². The zero-order valence-corrected chi connectivity index (χ0v) is 11.8. The molecule has 0 aliphatic carbocycles. The molecule has 1 atom stereocenters. The first-order valence-corrected chi connectivity index (χ1v) is 6.61. The topological polar surface area (TPSA) is 55.1 Å². The van der Waals surface area contributed by atoms with Crippen molar-refractivity contribution in [2.75, 3.05) is 5.32 Å². The van der Waals surface area contributed by atoms with E-state index in [0.717, 1.165) is 14.8 Å². The van der Waals surface area contributed by atoms with E-state index in [1.165, 1.54) is 0 Å². The van der Waals surface area contributed by atoms with E-state index in [-0.39, 0.29) is 5.91 Å². The number of rotatable bonds is 3. The standard InChI is InChI=1S/C14H13IN2O/c15-11-6-8-12(9-7-11)17-14(18)13(16)10-4-2-1-3-5-10/h1-9,13H,16H2,(H,17,18)/t13-/m0/s1. The lowest BCUT2D eigenvalue weighted by Crippen LogP contribution is -2.27. The largest absolute Gasteiger partial charge is 0.324 e. The number of anilines is 1. The summed E-state index contributed by atoms with van der Waals surface area (Å²) in [5, 5.41) is 2.80. The van der Waals surface area contributed by atoms with E-state index in [1.54, 1.807) is 0 Å². The summed E-state index contributed by atoms with van der Waals surface area (Å²) in [7, 11) is 0. The molecule has 3 N–H and O–H groups in total. The molecular formula is C14H13IN2O. The molecule has 0 fully saturated rings. The maximum atomic E-state index is 12.0. The minimum absolute atomic E-state index is 0.206. The van der Waals surface area contributed by atoms with Gasteiger partial charge in [0.15, 0.2) is 0 Å². The van der Waals surface area contributed by atoms with Gasteiger partial charge in [0.05, 0.1) is 0 Å². The molecule has 2 aromatic rings. The molecule has 1 amide bonds. The molecule has 0 spiro atoms. The molecule has 18 heavy (non-hydrogen) atoms. The van der Waals surface area contributed by atoms with Crippen molar-refractivity contribution in [1.29, 1.82) is 0 Å². The molecule has 0 aliphatic heterocycles. The molecule has 0 heterocycles. The number of carbonyl (C=O) groups excluding carboxylic acids is 1. The first-order valence-electron chi connectivity index (χ1n) is 5.54. The number of benzene rings is 2. The Hall–Kier alpha value is -1.40. The molecule has 2 aromatic carbocycles. The highest BCUT2D eigenvalue weighted by molar-refractivity contribution is 14.1. The van der Waals surface area contributed by atoms with E-state index in [4.69, 9.17) is 5.73 Å². The van der Waals surface area contributed by atoms with E-state index in [9.17, 15) is 4.79 Å². The van der Waals surface area contributed by atoms with Crippen molar-refractivity contribution < 1.29 is 4.79 Å². The lowest BCUT2D eigenvalue weighted by Gasteiger charge is -2.12. The normalized spacial score (nSPS) is 11.9. The van der Waals surface area contributed by atoms with E-state index < -0.39 is 6.04 Å². The van der Waals surface area contributed by atoms with Crippen LogP contribution in [-0.2, 0) is 4.79 Å². The Labute approximate surface area is 120 Å². The third-order valence-electron chi connectivity index (χ3n) is 2.55. The SMILES string of the molecule is N[C@H](C(=O)Nc1ccc(I)cc1)c1ccccc1. The summed E-state index contributed by atoms with van der Waals surface area (Å²) in [4.78, 5) is 12.0. The molecule has 0 unspecified atom stereocenters. The number of carbonyl (C=O) groups is 1. The van der Waals surface area contributed by atoms with Crippen LogP contribution in [-0.4, -0.2) is 5.91 Å². The zero-order valence-electron chi connectivity index (χ0n) is 9.64. The summed E-state index contributed by atoms with van der Waals surface area (Å²) in [6.07, 6.45) is 0. The predicted octanol–water partition coefficient (Wildman–Crippen LogP) is 2.93. The Kier molecular flexibility index (Phi) is 4.33. The minimum atomic E-state index is -0.648. The Balaban J connectivity index is 2.06. The summed E-state index contributed by atoms with van der Waals surface area (Å²) >= 11 is 2.22. The molecule has 0 aliphatic rings. The third kappa shape index (κ3) is 3.30. The quantitative estimate of drug-likeness (QED) is 0.835. The summed E-state index contributed by atoms with van der Waals surface area (Å²) in [5.41, 5.74) is 7.47. The Bertz CT molecular complexity index is 525. The first kappa shape index (κ1) is 13.0. The number of nitrogens with two attached hydrogens (primary N) is 1. The molecule has 3 nitrogen and oxygen atoms in total. The van der Waals surface area contributed by atoms with Crippen LogP contribution in [0.25, 0.3) is 0 Å². The van der Waals surface area contributed by atoms with Crippen LogP contribution in [0.5, 0.6) is 0 Å². The predicted molar refractivity (Wildman–Crippen MR) is 81.2 cm³/mol. The second-order valence-corrected chi connectivity index (χ2v) is 5.13. The summed E-state index contributed by atoms with van der Waals surface area (Å²) in [5.74, 6) is -0.206. The van der Waals surface area contributed by atoms with Crippen molar-refractivity contribution in [2.24, 2.45) is 5.73 Å². The van der Waals surface area contributed by atoms with Gasteiger partial charge in [-0.25, -0.2) is 0 Å². The smallest absolute Gasteiger partial charge is 0.245 e. The van der Waals surface area contributed by atoms with Gasteiger partial charge in [-0.3, -0.25) is 4.79 Å². The van der Waals surface area contributed by atoms with Gasteiger partial charge in [0.1, 0.15) is 6.04 Å². The Morgan fingerprint density at radius 3 is 2.28 bits per heavy atom. The molecule has 4 heteroatoms. The van der Waals surface area contributed by atoms with Crippen LogP contribution in [0.4, 0.5) is 5.69 Å². The van der Waals surface area contributed by atoms with E-state index in [2.05, 4.69) is 27.9 Å². The van der Waals surface area contributed by atoms with Crippen molar-refractivity contribution in [1.82, 2.24) is 0 Å². The van der Waals surface area contributed by atoms with Gasteiger partial charge in [-0.05, 0) is 52.4 Å². The van der Waals surface area contributed by atoms with Gasteiger partial charge in [0.2, 0.25) is 5.91 Å². The summed E-state index contributed by atoms with van der Waals surface area (Å²) < 4.78 is 1.12. The van der Waals surface area contributed by atoms with Gasteiger partial charge in [0.25, 0.3) is 0 Å². The van der Waals surface area contributed by atoms with Crippen LogP contribution in [0.3, 0.4) is 0 Å². The zero-order chi connectivity index (χ0) is 13.0. The van der Waals surface area contributed by atoms with E-state index in [0.29, 0.717) is 0 Å². The number of nitrogens with one attached hydrogen (secondary N) is 1. The second kappa shape index (κ2) is 5.97. The molecule has 0 radical (unpaired) electrons. The average Bonchev–Trinajstić information content (AvgIpc) is 2.41. The fourth-order valence-electron chi connectivity index (χ4n) is 1.56. The number of hydrogen-bond donors (Lipinski definition) is 2. The third-order valence-corrected chi connectivity index (χ3v) is 3.27. The van der Waals surface area contributed by atoms with Gasteiger partial charge in [-0.2, -0.15) is 0 Å². The van der Waals surface area contributed by atoms with Gasteiger partial charge in [-0.1, -0.05) is 30.3 Å². The van der Waals surface area contributed by atoms with Crippen molar-refractivity contribution >= 4 is 34.2 Å². The van der Waals surface area contributed by atoms with Crippen LogP contribution in [0.1, 0.15) is 11.6 Å². The van der Waals surface area contributed by atoms with E-state index in [1.807, 2.05) is 54.6 Å². The highest BCUT2D eigenvalue weighted by atomic mass is 127. The van der Waals surface area contributed by atoms with Gasteiger partial charge in [-0.15, -0.1) is 0 Å². The van der Waals surface area contributed by atoms with Crippen LogP contribution in [0.2, 0.25) is 0 Å². The average molecular weight is 352 g/mol. The molecule has 0 saturated heterocycles. The molecule has 0 saturated carbocycles. The summed E-state index contributed by atoms with van der Waals surface area (Å²) in [6, 6.07) is 16.3. The maximum absolute atomic E-state index is 12.0. The lowest BCUT2D eigenvalue weighted by molar-refractivity contribution is -0.117. The molecule has 0 bridgehead atoms. The van der Waals surface area contributed by atoms with Crippen LogP contribution in [0.15, 0.2) is 54.6 Å². The fourth-order valence-corrected chi connectivity index (χ4v) is 1.92. The van der Waals surface area contributed by atoms with E-state index >= 15 is 0 Å². The van der Waals surface area contributed by atoms with Crippen LogP contribution >= 0.6 is 22.6 Å². The molecule has 0 aromatic heterocycles. The van der Waals surface area contributed by atoms with Gasteiger partial charge < -0.3 is 11.1 Å². The van der Waals surface area contributed by atoms with Crippen LogP contribution in [0, 0.1) is 3.57 Å². The number of hydrogen-bond acceptors (Lipinski definition) is 2. The number of halogens is 1. The second-order valence-electron chi connectivity index (χ2n) is 3.88. The molecule has 2 rings (SSSR count).